The summed E-state index contributed by atoms with van der Waals surface area (Å²) in [5, 5.41) is 8.97. The molecule has 7 nitrogen and oxygen atoms in total. The Morgan fingerprint density at radius 3 is 2.79 bits per heavy atom. The molecule has 5 fully saturated rings. The number of fused-ring (bicyclic) bond motifs is 2. The molecule has 0 radical (unpaired) electrons. The molecule has 4 aliphatic heterocycles. The molecule has 1 spiro atoms. The number of benzene rings is 1. The topological polar surface area (TPSA) is 83.5 Å². The van der Waals surface area contributed by atoms with E-state index in [9.17, 15) is 9.18 Å². The minimum absolute atomic E-state index is 0.109. The molecule has 0 aromatic heterocycles. The maximum Gasteiger partial charge on any atom is 0.338 e. The molecule has 33 heavy (non-hydrogen) atoms. The number of ether oxygens (including phenoxy) is 3. The van der Waals surface area contributed by atoms with Crippen LogP contribution >= 0.6 is 0 Å². The van der Waals surface area contributed by atoms with Crippen LogP contribution < -0.4 is 0 Å². The van der Waals surface area contributed by atoms with Crippen LogP contribution in [0.4, 0.5) is 4.39 Å². The third-order valence-electron chi connectivity index (χ3n) is 8.25. The first-order chi connectivity index (χ1) is 15.7. The largest absolute Gasteiger partial charge is 0.478 e. The molecule has 8 atom stereocenters. The fourth-order valence-electron chi connectivity index (χ4n) is 6.43. The predicted molar refractivity (Wildman–Crippen MR) is 114 cm³/mol. The SMILES string of the molecule is C[C@H]1[C@H](OCCCc2ccc(C(=O)O)c(F)c2)O[C@@H]2O[C@@]3(C)CC[C@H]4[C@H](C)CC[C@@H]1[C@@]24OO3. The molecule has 1 aromatic rings. The second-order valence-corrected chi connectivity index (χ2v) is 10.4. The molecule has 6 rings (SSSR count). The molecule has 182 valence electrons. The monoisotopic (exact) mass is 464 g/mol. The maximum atomic E-state index is 13.9. The van der Waals surface area contributed by atoms with Crippen LogP contribution in [0.1, 0.15) is 68.8 Å². The Balaban J connectivity index is 1.24. The summed E-state index contributed by atoms with van der Waals surface area (Å²) in [5.41, 5.74) is -0.174. The summed E-state index contributed by atoms with van der Waals surface area (Å²) in [6.07, 6.45) is 4.21. The summed E-state index contributed by atoms with van der Waals surface area (Å²) in [6.45, 7) is 6.78. The lowest BCUT2D eigenvalue weighted by Gasteiger charge is -2.60. The molecule has 0 amide bonds. The molecule has 1 saturated carbocycles. The number of carboxylic acids is 1. The zero-order valence-electron chi connectivity index (χ0n) is 19.4. The quantitative estimate of drug-likeness (QED) is 0.483. The molecular formula is C25H33FO7. The highest BCUT2D eigenvalue weighted by Gasteiger charge is 2.69. The molecule has 1 aromatic carbocycles. The van der Waals surface area contributed by atoms with Crippen LogP contribution in [-0.2, 0) is 30.4 Å². The smallest absolute Gasteiger partial charge is 0.338 e. The average molecular weight is 465 g/mol. The third-order valence-corrected chi connectivity index (χ3v) is 8.25. The molecule has 5 aliphatic rings. The van der Waals surface area contributed by atoms with Crippen molar-refractivity contribution >= 4 is 5.97 Å². The fourth-order valence-corrected chi connectivity index (χ4v) is 6.43. The zero-order chi connectivity index (χ0) is 23.4. The number of aromatic carboxylic acids is 1. The second kappa shape index (κ2) is 8.57. The highest BCUT2D eigenvalue weighted by molar-refractivity contribution is 5.87. The molecule has 1 aliphatic carbocycles. The van der Waals surface area contributed by atoms with E-state index in [2.05, 4.69) is 13.8 Å². The van der Waals surface area contributed by atoms with Crippen molar-refractivity contribution in [2.24, 2.45) is 23.7 Å². The Morgan fingerprint density at radius 2 is 2.03 bits per heavy atom. The van der Waals surface area contributed by atoms with Gasteiger partial charge in [0.15, 0.2) is 18.2 Å². The lowest BCUT2D eigenvalue weighted by molar-refractivity contribution is -0.577. The van der Waals surface area contributed by atoms with E-state index in [0.717, 1.165) is 31.2 Å². The molecule has 0 unspecified atom stereocenters. The molecule has 1 N–H and O–H groups in total. The number of rotatable bonds is 6. The third kappa shape index (κ3) is 3.90. The van der Waals surface area contributed by atoms with Crippen molar-refractivity contribution < 1.29 is 38.3 Å². The van der Waals surface area contributed by atoms with Gasteiger partial charge in [0.1, 0.15) is 5.82 Å². The van der Waals surface area contributed by atoms with Crippen molar-refractivity contribution in [2.45, 2.75) is 83.3 Å². The lowest BCUT2D eigenvalue weighted by Crippen LogP contribution is -2.70. The number of carbonyl (C=O) groups is 1. The molecular weight excluding hydrogens is 431 g/mol. The van der Waals surface area contributed by atoms with Gasteiger partial charge in [0, 0.05) is 18.3 Å². The normalized spacial score (nSPS) is 41.9. The van der Waals surface area contributed by atoms with Gasteiger partial charge in [0.2, 0.25) is 5.79 Å². The highest BCUT2D eigenvalue weighted by atomic mass is 19.1. The van der Waals surface area contributed by atoms with E-state index in [1.807, 2.05) is 6.92 Å². The van der Waals surface area contributed by atoms with Crippen molar-refractivity contribution in [1.82, 2.24) is 0 Å². The van der Waals surface area contributed by atoms with Crippen molar-refractivity contribution in [3.8, 4) is 0 Å². The van der Waals surface area contributed by atoms with Gasteiger partial charge in [0.25, 0.3) is 0 Å². The number of carboxylic acid groups (broad SMARTS) is 1. The summed E-state index contributed by atoms with van der Waals surface area (Å²) < 4.78 is 32.8. The van der Waals surface area contributed by atoms with Crippen LogP contribution in [0.15, 0.2) is 18.2 Å². The van der Waals surface area contributed by atoms with E-state index in [4.69, 9.17) is 29.1 Å². The van der Waals surface area contributed by atoms with Crippen LogP contribution in [0.25, 0.3) is 0 Å². The molecule has 8 heteroatoms. The average Bonchev–Trinajstić information content (AvgIpc) is 3.00. The second-order valence-electron chi connectivity index (χ2n) is 10.4. The van der Waals surface area contributed by atoms with E-state index in [-0.39, 0.29) is 17.4 Å². The first kappa shape index (κ1) is 23.2. The molecule has 2 bridgehead atoms. The van der Waals surface area contributed by atoms with Gasteiger partial charge in [-0.05, 0) is 68.6 Å². The highest BCUT2D eigenvalue weighted by Crippen LogP contribution is 2.60. The summed E-state index contributed by atoms with van der Waals surface area (Å²) in [4.78, 5) is 23.0. The summed E-state index contributed by atoms with van der Waals surface area (Å²) in [6, 6.07) is 4.24. The fraction of sp³-hybridized carbons (Fsp3) is 0.720. The van der Waals surface area contributed by atoms with Gasteiger partial charge in [-0.1, -0.05) is 19.9 Å². The van der Waals surface area contributed by atoms with Crippen LogP contribution in [-0.4, -0.2) is 41.7 Å². The summed E-state index contributed by atoms with van der Waals surface area (Å²) in [7, 11) is 0. The predicted octanol–water partition coefficient (Wildman–Crippen LogP) is 4.68. The van der Waals surface area contributed by atoms with E-state index >= 15 is 0 Å². The van der Waals surface area contributed by atoms with Crippen LogP contribution in [0, 0.1) is 29.5 Å². The minimum atomic E-state index is -1.26. The molecule has 4 saturated heterocycles. The number of aryl methyl sites for hydroxylation is 1. The first-order valence-corrected chi connectivity index (χ1v) is 12.1. The van der Waals surface area contributed by atoms with Gasteiger partial charge in [-0.15, -0.1) is 0 Å². The van der Waals surface area contributed by atoms with Crippen molar-refractivity contribution in [3.05, 3.63) is 35.1 Å². The van der Waals surface area contributed by atoms with Crippen LogP contribution in [0.5, 0.6) is 0 Å². The van der Waals surface area contributed by atoms with Crippen molar-refractivity contribution in [3.63, 3.8) is 0 Å². The van der Waals surface area contributed by atoms with Crippen molar-refractivity contribution in [1.29, 1.82) is 0 Å². The van der Waals surface area contributed by atoms with Gasteiger partial charge in [-0.25, -0.2) is 19.0 Å². The Morgan fingerprint density at radius 1 is 1.21 bits per heavy atom. The van der Waals surface area contributed by atoms with Gasteiger partial charge >= 0.3 is 5.97 Å². The van der Waals surface area contributed by atoms with E-state index in [0.29, 0.717) is 31.3 Å². The Bertz CT molecular complexity index is 909. The maximum absolute atomic E-state index is 13.9. The minimum Gasteiger partial charge on any atom is -0.478 e. The lowest BCUT2D eigenvalue weighted by atomic mass is 9.58. The van der Waals surface area contributed by atoms with Crippen molar-refractivity contribution in [2.75, 3.05) is 6.61 Å². The van der Waals surface area contributed by atoms with E-state index < -0.39 is 35.8 Å². The number of hydrogen-bond donors (Lipinski definition) is 1. The summed E-state index contributed by atoms with van der Waals surface area (Å²) in [5.74, 6) is -1.64. The van der Waals surface area contributed by atoms with E-state index in [1.54, 1.807) is 6.07 Å². The number of hydrogen-bond acceptors (Lipinski definition) is 6. The summed E-state index contributed by atoms with van der Waals surface area (Å²) >= 11 is 0. The van der Waals surface area contributed by atoms with Crippen LogP contribution in [0.2, 0.25) is 0 Å². The Labute approximate surface area is 193 Å². The van der Waals surface area contributed by atoms with Gasteiger partial charge in [0.05, 0.1) is 12.2 Å². The van der Waals surface area contributed by atoms with Gasteiger partial charge < -0.3 is 19.3 Å². The van der Waals surface area contributed by atoms with Gasteiger partial charge in [-0.2, -0.15) is 0 Å². The first-order valence-electron chi connectivity index (χ1n) is 12.1. The van der Waals surface area contributed by atoms with Crippen LogP contribution in [0.3, 0.4) is 0 Å². The van der Waals surface area contributed by atoms with E-state index in [1.165, 1.54) is 12.1 Å². The molecule has 4 heterocycles. The Hall–Kier alpha value is -1.58. The standard InChI is InChI=1S/C25H33FO7/c1-14-6-9-19-15(2)22(29-12-4-5-16-7-8-17(21(27)28)20(26)13-16)30-23-25(19)18(14)10-11-24(3,31-23)32-33-25/h7-8,13-15,18-19,22-23H,4-6,9-12H2,1-3H3,(H,27,28)/t14-,15-,18+,19+,22-,23-,24-,25-/m1/s1. The number of halogens is 1. The Kier molecular flexibility index (Phi) is 6.02. The zero-order valence-corrected chi connectivity index (χ0v) is 19.4. The van der Waals surface area contributed by atoms with Gasteiger partial charge in [-0.3, -0.25) is 0 Å².